The Hall–Kier alpha value is -11.5. The quantitative estimate of drug-likeness (QED) is 0.0127. The van der Waals surface area contributed by atoms with Crippen LogP contribution in [0.1, 0.15) is 129 Å². The first-order valence-electron chi connectivity index (χ1n) is 39.7. The van der Waals surface area contributed by atoms with Crippen LogP contribution in [0.4, 0.5) is 0 Å². The molecular weight excluding hydrogens is 1640 g/mol. The van der Waals surface area contributed by atoms with E-state index in [-0.39, 0.29) is 120 Å². The molecule has 4 heterocycles. The fourth-order valence-corrected chi connectivity index (χ4v) is 14.1. The number of aliphatic hydroxyl groups excluding tert-OH is 2. The van der Waals surface area contributed by atoms with E-state index < -0.39 is 247 Å². The van der Waals surface area contributed by atoms with Gasteiger partial charge >= 0.3 is 11.9 Å². The van der Waals surface area contributed by atoms with E-state index in [9.17, 15) is 112 Å². The summed E-state index contributed by atoms with van der Waals surface area (Å²) in [5.74, 6) is -20.5. The summed E-state index contributed by atoms with van der Waals surface area (Å²) in [6.45, 7) is 6.16. The Morgan fingerprint density at radius 3 is 1.52 bits per heavy atom. The van der Waals surface area contributed by atoms with Crippen molar-refractivity contribution in [2.24, 2.45) is 39.6 Å². The Bertz CT molecular complexity index is 4050. The maximum atomic E-state index is 14.6. The number of amides is 16. The van der Waals surface area contributed by atoms with Gasteiger partial charge in [0.05, 0.1) is 44.0 Å². The number of aliphatic carboxylic acids is 2. The Labute approximate surface area is 712 Å². The average Bonchev–Trinajstić information content (AvgIpc) is 1.63. The molecule has 28 N–H and O–H groups in total. The molecule has 676 valence electrons. The number of carboxylic acids is 2. The minimum atomic E-state index is -2.03. The molecule has 0 spiro atoms. The fraction of sp³-hybridized carbons (Fsp3) is 0.622. The lowest BCUT2D eigenvalue weighted by Gasteiger charge is -2.31. The lowest BCUT2D eigenvalue weighted by molar-refractivity contribution is -0.144. The minimum absolute atomic E-state index is 0.0201. The third-order valence-electron chi connectivity index (χ3n) is 20.2. The number of rotatable bonds is 49. The summed E-state index contributed by atoms with van der Waals surface area (Å²) in [7, 11) is 0. The van der Waals surface area contributed by atoms with Crippen molar-refractivity contribution >= 4 is 138 Å². The first-order chi connectivity index (χ1) is 57.6. The largest absolute Gasteiger partial charge is 0.508 e. The highest BCUT2D eigenvalue weighted by Crippen LogP contribution is 2.24. The third kappa shape index (κ3) is 31.2. The first kappa shape index (κ1) is 101. The van der Waals surface area contributed by atoms with Gasteiger partial charge in [-0.15, -0.1) is 0 Å². The van der Waals surface area contributed by atoms with Crippen molar-refractivity contribution in [2.75, 3.05) is 50.8 Å². The molecule has 46 nitrogen and oxygen atoms in total. The number of aromatic hydroxyl groups is 1. The molecule has 5 rings (SSSR count). The molecular formula is C74H115N23O23S2. The molecule has 0 saturated carbocycles. The van der Waals surface area contributed by atoms with Crippen LogP contribution in [-0.2, 0) is 99.1 Å². The second-order valence-electron chi connectivity index (χ2n) is 30.2. The number of nitrogens with two attached hydrogens (primary N) is 5. The Balaban J connectivity index is 1.27. The van der Waals surface area contributed by atoms with Crippen LogP contribution in [-0.4, -0.2) is 316 Å². The van der Waals surface area contributed by atoms with Gasteiger partial charge in [-0.2, -0.15) is 25.3 Å². The number of aliphatic imine (C=N–C) groups is 1. The zero-order valence-corrected chi connectivity index (χ0v) is 70.0. The summed E-state index contributed by atoms with van der Waals surface area (Å²) in [5, 5.41) is 81.2. The van der Waals surface area contributed by atoms with E-state index in [1.807, 2.05) is 0 Å². The number of carboxylic acid groups (broad SMARTS) is 2. The molecule has 122 heavy (non-hydrogen) atoms. The van der Waals surface area contributed by atoms with Crippen molar-refractivity contribution in [3.8, 4) is 5.75 Å². The van der Waals surface area contributed by atoms with Crippen LogP contribution in [0, 0.1) is 5.92 Å². The molecule has 16 amide bonds. The van der Waals surface area contributed by atoms with Gasteiger partial charge < -0.3 is 138 Å². The van der Waals surface area contributed by atoms with Crippen LogP contribution in [0.25, 0.3) is 0 Å². The van der Waals surface area contributed by atoms with Gasteiger partial charge in [-0.25, -0.2) is 9.78 Å². The molecule has 0 radical (unpaired) electrons. The van der Waals surface area contributed by atoms with Gasteiger partial charge in [-0.1, -0.05) is 26.0 Å². The maximum Gasteiger partial charge on any atom is 0.326 e. The first-order valence-corrected chi connectivity index (χ1v) is 41.0. The number of H-pyrrole nitrogens is 1. The van der Waals surface area contributed by atoms with Crippen LogP contribution in [0.15, 0.2) is 41.8 Å². The summed E-state index contributed by atoms with van der Waals surface area (Å²) < 4.78 is 0. The normalized spacial score (nSPS) is 18.4. The zero-order chi connectivity index (χ0) is 90.9. The number of aromatic amines is 1. The highest BCUT2D eigenvalue weighted by Gasteiger charge is 2.45. The zero-order valence-electron chi connectivity index (χ0n) is 68.2. The minimum Gasteiger partial charge on any atom is -0.508 e. The van der Waals surface area contributed by atoms with Crippen molar-refractivity contribution < 1.29 is 112 Å². The van der Waals surface area contributed by atoms with Crippen LogP contribution in [0.2, 0.25) is 0 Å². The number of unbranched alkanes of at least 4 members (excludes halogenated alkanes) is 1. The number of hydrogen-bond acceptors (Lipinski definition) is 27. The van der Waals surface area contributed by atoms with Crippen molar-refractivity contribution in [1.82, 2.24) is 88.5 Å². The molecule has 1 aromatic heterocycles. The molecule has 3 aliphatic heterocycles. The number of aromatic nitrogens is 2. The van der Waals surface area contributed by atoms with Crippen molar-refractivity contribution in [1.29, 1.82) is 0 Å². The molecule has 48 heteroatoms. The van der Waals surface area contributed by atoms with Crippen molar-refractivity contribution in [3.63, 3.8) is 0 Å². The molecule has 3 fully saturated rings. The van der Waals surface area contributed by atoms with E-state index in [4.69, 9.17) is 28.7 Å². The van der Waals surface area contributed by atoms with Gasteiger partial charge in [-0.3, -0.25) is 86.5 Å². The molecule has 2 aromatic rings. The number of aliphatic hydroxyl groups is 2. The lowest BCUT2D eigenvalue weighted by atomic mass is 10.0. The molecule has 3 saturated heterocycles. The summed E-state index contributed by atoms with van der Waals surface area (Å²) in [5.41, 5.74) is 27.8. The van der Waals surface area contributed by atoms with E-state index in [1.54, 1.807) is 13.8 Å². The number of nitrogens with one attached hydrogen (secondary N) is 13. The van der Waals surface area contributed by atoms with Crippen molar-refractivity contribution in [3.05, 3.63) is 48.0 Å². The Morgan fingerprint density at radius 2 is 0.984 bits per heavy atom. The lowest BCUT2D eigenvalue weighted by Crippen LogP contribution is -2.62. The third-order valence-corrected chi connectivity index (χ3v) is 20.9. The Kier molecular flexibility index (Phi) is 40.9. The number of phenols is 1. The van der Waals surface area contributed by atoms with Gasteiger partial charge in [0.15, 0.2) is 5.96 Å². The maximum absolute atomic E-state index is 14.6. The number of carbonyl (C=O) groups is 18. The fourth-order valence-electron chi connectivity index (χ4n) is 13.6. The predicted molar refractivity (Wildman–Crippen MR) is 439 cm³/mol. The van der Waals surface area contributed by atoms with Crippen LogP contribution < -0.4 is 92.5 Å². The second-order valence-corrected chi connectivity index (χ2v) is 30.9. The van der Waals surface area contributed by atoms with Crippen LogP contribution in [0.5, 0.6) is 5.75 Å². The number of hydrogen-bond donors (Lipinski definition) is 25. The van der Waals surface area contributed by atoms with Gasteiger partial charge in [0.25, 0.3) is 0 Å². The van der Waals surface area contributed by atoms with Gasteiger partial charge in [0, 0.05) is 62.4 Å². The van der Waals surface area contributed by atoms with E-state index >= 15 is 0 Å². The van der Waals surface area contributed by atoms with E-state index in [0.717, 1.165) is 21.6 Å². The number of carbonyl (C=O) groups excluding carboxylic acids is 16. The number of primary amides is 1. The molecule has 3 aliphatic rings. The number of phenolic OH excluding ortho intramolecular Hbond substituents is 1. The molecule has 0 bridgehead atoms. The molecule has 1 aromatic carbocycles. The van der Waals surface area contributed by atoms with Gasteiger partial charge in [0.2, 0.25) is 94.5 Å². The number of likely N-dealkylation sites (tertiary alicyclic amines) is 3. The van der Waals surface area contributed by atoms with E-state index in [1.165, 1.54) is 50.6 Å². The van der Waals surface area contributed by atoms with Gasteiger partial charge in [-0.05, 0) is 122 Å². The SMILES string of the molecule is CC(C)[C@H](NC(=O)[C@@H]1CCCN1C(=O)[C@H](CS)NC(=O)[C@H](CC(=O)O)NC(=O)[C@H](Cc1cnc[nH]1)NC(=O)[C@@H](NC(=O)[C@H](Cc1ccc(O)cc1)NC(=O)[C@@H]1CCCN1C(=O)CNC(=O)[C@H](CS)NC(=O)[C@@H]1CCCN1C(=O)[C@@H](NC(=O)[C@H](CC(N)=O)NC(=O)[C@H](C)N)[C@@H](C)O)[C@@H](C)O)C(=O)N[C@@H](CCCCN)C(=O)N[C@@H](CCCN=C(N)N)C(=O)O. The van der Waals surface area contributed by atoms with Crippen LogP contribution >= 0.6 is 25.3 Å². The number of nitrogens with zero attached hydrogens (tertiary/aromatic N) is 5. The summed E-state index contributed by atoms with van der Waals surface area (Å²) in [6.07, 6.45) is -1.87. The number of thiol groups is 2. The average molecular weight is 1760 g/mol. The number of guanidine groups is 1. The molecule has 17 atom stereocenters. The summed E-state index contributed by atoms with van der Waals surface area (Å²) >= 11 is 8.51. The van der Waals surface area contributed by atoms with Crippen molar-refractivity contribution in [2.45, 2.75) is 234 Å². The summed E-state index contributed by atoms with van der Waals surface area (Å²) in [4.78, 5) is 260. The Morgan fingerprint density at radius 1 is 0.516 bits per heavy atom. The monoisotopic (exact) mass is 1760 g/mol. The van der Waals surface area contributed by atoms with E-state index in [0.29, 0.717) is 18.4 Å². The topological polar surface area (TPSA) is 734 Å². The standard InChI is InChI=1S/C74H115N23O23S2/c1-35(2)56(69(115)84-42(12-6-7-21-75)61(107)85-43(73(119)120)13-8-22-81-74(78)79)92-68(114)52-16-10-24-96(52)71(117)49(33-122)91-63(109)47(29-55(103)104)87-62(108)45(27-40-30-80-34-83-40)89-70(116)57(37(4)98)93-64(110)44(26-39-17-19-41(100)20-18-39)88-66(112)50-14-9-23-95(50)54(102)31-82-60(106)48(32-121)90-67(113)51-15-11-25-97(51)72(118)58(38(5)99)94-65(111)46(28-53(77)101)86-59(105)36(3)76/h17-20,30,34-38,42-52,56-58,98-100,121-122H,6-16,21-29,31-33,75-76H2,1-5H3,(H2,77,101)(H,80,83)(H,82,106)(H,84,115)(H,85,107)(H,86,105)(H,87,108)(H,88,112)(H,89,116)(H,90,113)(H,91,109)(H,92,114)(H,93,110)(H,94,111)(H,103,104)(H,119,120)(H4,78,79,81)/t36-,37+,38+,42-,43-,44-,45-,46-,47-,48-,49-,50-,51-,52-,56-,57-,58-/m0/s1. The summed E-state index contributed by atoms with van der Waals surface area (Å²) in [6, 6.07) is -17.5. The smallest absolute Gasteiger partial charge is 0.326 e. The highest BCUT2D eigenvalue weighted by atomic mass is 32.1. The van der Waals surface area contributed by atoms with Gasteiger partial charge in [0.1, 0.15) is 90.3 Å². The van der Waals surface area contributed by atoms with Crippen LogP contribution in [0.3, 0.4) is 0 Å². The number of benzene rings is 1. The predicted octanol–water partition coefficient (Wildman–Crippen LogP) is -9.44. The molecule has 0 unspecified atom stereocenters. The second kappa shape index (κ2) is 49.4. The molecule has 0 aliphatic carbocycles. The number of imidazole rings is 1. The van der Waals surface area contributed by atoms with E-state index in [2.05, 4.69) is 104 Å². The highest BCUT2D eigenvalue weighted by molar-refractivity contribution is 7.80.